The largest absolute Gasteiger partial charge is 0.481 e. The number of carboxylic acids is 1. The summed E-state index contributed by atoms with van der Waals surface area (Å²) in [5.74, 6) is -0.497. The van der Waals surface area contributed by atoms with Gasteiger partial charge in [-0.2, -0.15) is 0 Å². The number of nitrogens with zero attached hydrogens (tertiary/aromatic N) is 1. The number of hydrogen-bond acceptors (Lipinski definition) is 2. The lowest BCUT2D eigenvalue weighted by molar-refractivity contribution is -0.138. The van der Waals surface area contributed by atoms with Gasteiger partial charge in [-0.05, 0) is 42.9 Å². The van der Waals surface area contributed by atoms with Crippen LogP contribution in [0.15, 0.2) is 12.1 Å². The average molecular weight is 268 g/mol. The molecule has 0 aromatic heterocycles. The molecule has 0 spiro atoms. The Labute approximate surface area is 112 Å². The Balaban J connectivity index is 2.35. The van der Waals surface area contributed by atoms with Crippen molar-refractivity contribution in [2.24, 2.45) is 5.92 Å². The smallest absolute Gasteiger partial charge is 0.303 e. The molecule has 2 rings (SSSR count). The molecule has 1 aromatic rings. The van der Waals surface area contributed by atoms with E-state index in [1.165, 1.54) is 11.3 Å². The third-order valence-electron chi connectivity index (χ3n) is 3.67. The number of anilines is 1. The topological polar surface area (TPSA) is 40.5 Å². The fourth-order valence-electron chi connectivity index (χ4n) is 2.75. The second-order valence-corrected chi connectivity index (χ2v) is 5.47. The Kier molecular flexibility index (Phi) is 3.81. The quantitative estimate of drug-likeness (QED) is 0.895. The third-order valence-corrected chi connectivity index (χ3v) is 4.08. The summed E-state index contributed by atoms with van der Waals surface area (Å²) in [4.78, 5) is 13.1. The predicted octanol–water partition coefficient (Wildman–Crippen LogP) is 3.12. The number of aliphatic carboxylic acids is 1. The Morgan fingerprint density at radius 1 is 1.56 bits per heavy atom. The van der Waals surface area contributed by atoms with E-state index in [1.807, 2.05) is 26.1 Å². The first-order valence-electron chi connectivity index (χ1n) is 6.20. The zero-order valence-electron chi connectivity index (χ0n) is 10.7. The number of rotatable bonds is 2. The first kappa shape index (κ1) is 13.2. The van der Waals surface area contributed by atoms with Crippen LogP contribution >= 0.6 is 11.6 Å². The van der Waals surface area contributed by atoms with E-state index in [4.69, 9.17) is 16.7 Å². The van der Waals surface area contributed by atoms with Gasteiger partial charge in [0.05, 0.1) is 0 Å². The SMILES string of the molecule is Cc1c(Cl)ccc2c1N(C)CCC(CC(=O)O)C2. The minimum Gasteiger partial charge on any atom is -0.481 e. The summed E-state index contributed by atoms with van der Waals surface area (Å²) >= 11 is 6.16. The van der Waals surface area contributed by atoms with E-state index in [9.17, 15) is 4.79 Å². The molecule has 0 saturated carbocycles. The van der Waals surface area contributed by atoms with Crippen LogP contribution in [0.5, 0.6) is 0 Å². The second kappa shape index (κ2) is 5.19. The highest BCUT2D eigenvalue weighted by atomic mass is 35.5. The van der Waals surface area contributed by atoms with Gasteiger partial charge in [0, 0.05) is 30.7 Å². The van der Waals surface area contributed by atoms with Gasteiger partial charge in [-0.3, -0.25) is 4.79 Å². The Morgan fingerprint density at radius 3 is 2.94 bits per heavy atom. The van der Waals surface area contributed by atoms with Crippen molar-refractivity contribution in [3.8, 4) is 0 Å². The van der Waals surface area contributed by atoms with E-state index in [0.29, 0.717) is 0 Å². The molecule has 1 aromatic carbocycles. The highest BCUT2D eigenvalue weighted by Crippen LogP contribution is 2.35. The molecule has 0 bridgehead atoms. The molecule has 1 aliphatic rings. The number of carbonyl (C=O) groups is 1. The highest BCUT2D eigenvalue weighted by Gasteiger charge is 2.23. The van der Waals surface area contributed by atoms with Crippen LogP contribution in [-0.4, -0.2) is 24.7 Å². The highest BCUT2D eigenvalue weighted by molar-refractivity contribution is 6.31. The maximum atomic E-state index is 10.9. The second-order valence-electron chi connectivity index (χ2n) is 5.06. The van der Waals surface area contributed by atoms with Crippen LogP contribution in [0.4, 0.5) is 5.69 Å². The Bertz CT molecular complexity index is 473. The van der Waals surface area contributed by atoms with Crippen LogP contribution in [0.25, 0.3) is 0 Å². The molecule has 0 fully saturated rings. The summed E-state index contributed by atoms with van der Waals surface area (Å²) in [6.07, 6.45) is 1.98. The Hall–Kier alpha value is -1.22. The maximum absolute atomic E-state index is 10.9. The normalized spacial score (nSPS) is 19.3. The van der Waals surface area contributed by atoms with Gasteiger partial charge in [-0.15, -0.1) is 0 Å². The summed E-state index contributed by atoms with van der Waals surface area (Å²) < 4.78 is 0. The van der Waals surface area contributed by atoms with E-state index in [2.05, 4.69) is 4.90 Å². The van der Waals surface area contributed by atoms with Crippen LogP contribution in [0.3, 0.4) is 0 Å². The van der Waals surface area contributed by atoms with Crippen molar-refractivity contribution in [3.05, 3.63) is 28.3 Å². The van der Waals surface area contributed by atoms with E-state index >= 15 is 0 Å². The molecule has 1 aliphatic heterocycles. The van der Waals surface area contributed by atoms with Gasteiger partial charge >= 0.3 is 5.97 Å². The summed E-state index contributed by atoms with van der Waals surface area (Å²) in [7, 11) is 2.05. The number of benzene rings is 1. The van der Waals surface area contributed by atoms with Crippen molar-refractivity contribution >= 4 is 23.3 Å². The van der Waals surface area contributed by atoms with Gasteiger partial charge in [0.2, 0.25) is 0 Å². The molecule has 18 heavy (non-hydrogen) atoms. The van der Waals surface area contributed by atoms with E-state index in [0.717, 1.165) is 30.0 Å². The molecule has 1 heterocycles. The lowest BCUT2D eigenvalue weighted by Crippen LogP contribution is -2.20. The molecule has 1 unspecified atom stereocenters. The number of halogens is 1. The van der Waals surface area contributed by atoms with Gasteiger partial charge in [0.25, 0.3) is 0 Å². The van der Waals surface area contributed by atoms with Crippen molar-refractivity contribution in [2.45, 2.75) is 26.2 Å². The van der Waals surface area contributed by atoms with Gasteiger partial charge in [-0.1, -0.05) is 17.7 Å². The molecule has 1 N–H and O–H groups in total. The predicted molar refractivity (Wildman–Crippen MR) is 73.5 cm³/mol. The molecule has 3 nitrogen and oxygen atoms in total. The maximum Gasteiger partial charge on any atom is 0.303 e. The van der Waals surface area contributed by atoms with Crippen LogP contribution in [-0.2, 0) is 11.2 Å². The van der Waals surface area contributed by atoms with Gasteiger partial charge < -0.3 is 10.0 Å². The molecule has 0 amide bonds. The molecule has 0 radical (unpaired) electrons. The first-order valence-corrected chi connectivity index (χ1v) is 6.57. The number of hydrogen-bond donors (Lipinski definition) is 1. The molecular weight excluding hydrogens is 250 g/mol. The summed E-state index contributed by atoms with van der Waals surface area (Å²) in [6, 6.07) is 3.94. The van der Waals surface area contributed by atoms with Crippen LogP contribution in [0.2, 0.25) is 5.02 Å². The number of fused-ring (bicyclic) bond motifs is 1. The van der Waals surface area contributed by atoms with Crippen LogP contribution in [0, 0.1) is 12.8 Å². The standard InChI is InChI=1S/C14H18ClNO2/c1-9-12(15)4-3-11-7-10(8-13(17)18)5-6-16(2)14(9)11/h3-4,10H,5-8H2,1-2H3,(H,17,18). The molecule has 4 heteroatoms. The van der Waals surface area contributed by atoms with Crippen molar-refractivity contribution in [2.75, 3.05) is 18.5 Å². The van der Waals surface area contributed by atoms with E-state index in [1.54, 1.807) is 0 Å². The van der Waals surface area contributed by atoms with Gasteiger partial charge in [0.15, 0.2) is 0 Å². The van der Waals surface area contributed by atoms with Crippen molar-refractivity contribution in [1.29, 1.82) is 0 Å². The van der Waals surface area contributed by atoms with Crippen molar-refractivity contribution < 1.29 is 9.90 Å². The van der Waals surface area contributed by atoms with Crippen LogP contribution < -0.4 is 4.90 Å². The molecule has 98 valence electrons. The molecule has 1 atom stereocenters. The zero-order chi connectivity index (χ0) is 13.3. The van der Waals surface area contributed by atoms with E-state index in [-0.39, 0.29) is 12.3 Å². The monoisotopic (exact) mass is 267 g/mol. The molecule has 0 saturated heterocycles. The Morgan fingerprint density at radius 2 is 2.28 bits per heavy atom. The van der Waals surface area contributed by atoms with Crippen molar-refractivity contribution in [1.82, 2.24) is 0 Å². The number of carboxylic acid groups (broad SMARTS) is 1. The summed E-state index contributed by atoms with van der Waals surface area (Å²) in [5, 5.41) is 9.71. The lowest BCUT2D eigenvalue weighted by Gasteiger charge is -2.22. The fourth-order valence-corrected chi connectivity index (χ4v) is 2.90. The molecule has 0 aliphatic carbocycles. The summed E-state index contributed by atoms with van der Waals surface area (Å²) in [6.45, 7) is 2.90. The summed E-state index contributed by atoms with van der Waals surface area (Å²) in [5.41, 5.74) is 3.48. The van der Waals surface area contributed by atoms with Crippen molar-refractivity contribution in [3.63, 3.8) is 0 Å². The minimum atomic E-state index is -0.711. The lowest BCUT2D eigenvalue weighted by atomic mass is 9.93. The minimum absolute atomic E-state index is 0.215. The average Bonchev–Trinajstić information content (AvgIpc) is 2.44. The van der Waals surface area contributed by atoms with Gasteiger partial charge in [0.1, 0.15) is 0 Å². The van der Waals surface area contributed by atoms with Gasteiger partial charge in [-0.25, -0.2) is 0 Å². The third kappa shape index (κ3) is 2.61. The molecular formula is C14H18ClNO2. The first-order chi connectivity index (χ1) is 8.49. The van der Waals surface area contributed by atoms with Crippen LogP contribution in [0.1, 0.15) is 24.0 Å². The van der Waals surface area contributed by atoms with E-state index < -0.39 is 5.97 Å². The zero-order valence-corrected chi connectivity index (χ0v) is 11.5. The fraction of sp³-hybridized carbons (Fsp3) is 0.500.